The van der Waals surface area contributed by atoms with Crippen LogP contribution in [-0.4, -0.2) is 8.42 Å². The number of hydrogen-bond donors (Lipinski definition) is 1. The van der Waals surface area contributed by atoms with Crippen LogP contribution in [0.1, 0.15) is 102 Å². The van der Waals surface area contributed by atoms with Gasteiger partial charge in [0.15, 0.2) is 0 Å². The highest BCUT2D eigenvalue weighted by Crippen LogP contribution is 2.26. The predicted molar refractivity (Wildman–Crippen MR) is 135 cm³/mol. The highest BCUT2D eigenvalue weighted by Gasteiger charge is 2.18. The number of rotatable bonds is 18. The second kappa shape index (κ2) is 16.8. The Hall–Kier alpha value is -0.800. The van der Waals surface area contributed by atoms with Crippen molar-refractivity contribution in [2.45, 2.75) is 108 Å². The number of aryl methyl sites for hydroxylation is 1. The van der Waals surface area contributed by atoms with Crippen LogP contribution in [0.15, 0.2) is 35.2 Å². The van der Waals surface area contributed by atoms with Crippen LogP contribution < -0.4 is 5.14 Å². The van der Waals surface area contributed by atoms with Crippen molar-refractivity contribution < 1.29 is 14.6 Å². The third kappa shape index (κ3) is 13.4. The molecule has 0 unspecified atom stereocenters. The molecule has 0 aliphatic carbocycles. The Kier molecular flexibility index (Phi) is 15.3. The zero-order valence-corrected chi connectivity index (χ0v) is 22.0. The van der Waals surface area contributed by atoms with E-state index in [2.05, 4.69) is 19.1 Å². The van der Waals surface area contributed by atoms with E-state index < -0.39 is 29.8 Å². The summed E-state index contributed by atoms with van der Waals surface area (Å²) in [6.07, 6.45) is 22.8. The maximum atomic E-state index is 11.7. The predicted octanol–water partition coefficient (Wildman–Crippen LogP) is 7.28. The van der Waals surface area contributed by atoms with Crippen molar-refractivity contribution in [3.63, 3.8) is 0 Å². The molecule has 0 aliphatic rings. The Labute approximate surface area is 196 Å². The number of primary sulfonamides is 1. The highest BCUT2D eigenvalue weighted by atomic mass is 127. The third-order valence-corrected chi connectivity index (χ3v) is 8.65. The van der Waals surface area contributed by atoms with Gasteiger partial charge in [-0.3, -0.25) is 0 Å². The van der Waals surface area contributed by atoms with Gasteiger partial charge in [-0.15, -0.1) is 0 Å². The van der Waals surface area contributed by atoms with Gasteiger partial charge < -0.3 is 0 Å². The first-order valence-electron chi connectivity index (χ1n) is 11.7. The molecule has 5 nitrogen and oxygen atoms in total. The molecule has 1 aromatic carbocycles. The lowest BCUT2D eigenvalue weighted by Crippen LogP contribution is -2.14. The second-order valence-corrected chi connectivity index (χ2v) is 12.1. The van der Waals surface area contributed by atoms with Crippen LogP contribution in [0.5, 0.6) is 0 Å². The summed E-state index contributed by atoms with van der Waals surface area (Å²) in [5.41, 5.74) is 0.816. The molecular weight excluding hydrogens is 525 g/mol. The fourth-order valence-corrected chi connectivity index (χ4v) is 6.69. The fourth-order valence-electron chi connectivity index (χ4n) is 3.63. The first-order chi connectivity index (χ1) is 14.9. The first-order valence-corrected chi connectivity index (χ1v) is 16.1. The highest BCUT2D eigenvalue weighted by molar-refractivity contribution is 14.2. The van der Waals surface area contributed by atoms with Crippen molar-refractivity contribution in [3.05, 3.63) is 39.5 Å². The van der Waals surface area contributed by atoms with Gasteiger partial charge in [-0.1, -0.05) is 82.9 Å². The van der Waals surface area contributed by atoms with Gasteiger partial charge in [-0.05, 0) is 56.2 Å². The number of nitrogens with two attached hydrogens (primary N) is 1. The molecule has 0 spiro atoms. The minimum absolute atomic E-state index is 0.144. The monoisotopic (exact) mass is 565 g/mol. The van der Waals surface area contributed by atoms with Crippen LogP contribution >= 0.6 is 19.8 Å². The maximum absolute atomic E-state index is 11.7. The van der Waals surface area contributed by atoms with Gasteiger partial charge in [0.05, 0.1) is 3.57 Å². The molecule has 0 bridgehead atoms. The number of halogens is 1. The van der Waals surface area contributed by atoms with E-state index in [0.717, 1.165) is 44.1 Å². The Morgan fingerprint density at radius 1 is 0.806 bits per heavy atom. The van der Waals surface area contributed by atoms with Crippen LogP contribution in [0.4, 0.5) is 0 Å². The van der Waals surface area contributed by atoms with Crippen molar-refractivity contribution in [2.75, 3.05) is 0 Å². The van der Waals surface area contributed by atoms with Crippen molar-refractivity contribution in [3.8, 4) is 0 Å². The third-order valence-electron chi connectivity index (χ3n) is 5.45. The number of unbranched alkanes of at least 4 members (excludes halogenated alkanes) is 12. The Bertz CT molecular complexity index is 824. The minimum Gasteiger partial charge on any atom is -0.230 e. The summed E-state index contributed by atoms with van der Waals surface area (Å²) in [6.45, 7) is 2.25. The largest absolute Gasteiger partial charge is 0.342 e. The average molecular weight is 566 g/mol. The molecule has 0 saturated heterocycles. The van der Waals surface area contributed by atoms with E-state index in [0.29, 0.717) is 0 Å². The smallest absolute Gasteiger partial charge is 0.230 e. The molecule has 0 aliphatic heterocycles. The summed E-state index contributed by atoms with van der Waals surface area (Å²) in [4.78, 5) is -0.262. The van der Waals surface area contributed by atoms with Crippen molar-refractivity contribution in [2.24, 2.45) is 5.14 Å². The normalized spacial score (nSPS) is 12.2. The summed E-state index contributed by atoms with van der Waals surface area (Å²) < 4.78 is 45.8. The van der Waals surface area contributed by atoms with E-state index in [-0.39, 0.29) is 8.47 Å². The maximum Gasteiger partial charge on any atom is 0.342 e. The molecule has 0 fully saturated rings. The molecule has 2 N–H and O–H groups in total. The summed E-state index contributed by atoms with van der Waals surface area (Å²) in [5.74, 6) is 0. The van der Waals surface area contributed by atoms with Gasteiger partial charge >= 0.3 is 19.8 Å². The zero-order chi connectivity index (χ0) is 23.0. The van der Waals surface area contributed by atoms with E-state index >= 15 is 0 Å². The summed E-state index contributed by atoms with van der Waals surface area (Å²) in [7, 11) is -4.03. The molecule has 1 aromatic rings. The molecule has 0 saturated carbocycles. The van der Waals surface area contributed by atoms with Crippen molar-refractivity contribution in [1.82, 2.24) is 0 Å². The van der Waals surface area contributed by atoms with Gasteiger partial charge in [-0.2, -0.15) is 0 Å². The Balaban J connectivity index is 2.12. The summed E-state index contributed by atoms with van der Waals surface area (Å²) >= 11 is -3.90. The number of hydrogen-bond acceptors (Lipinski definition) is 4. The molecule has 0 amide bonds. The van der Waals surface area contributed by atoms with E-state index in [1.807, 2.05) is 0 Å². The SMILES string of the molecule is CCCCCCCCCC/C=C/CCCCCCc1ccc(I(=O)=O)c(S(N)(=O)=O)c1. The minimum atomic E-state index is -4.03. The number of benzene rings is 1. The van der Waals surface area contributed by atoms with Crippen molar-refractivity contribution in [1.29, 1.82) is 0 Å². The molecule has 31 heavy (non-hydrogen) atoms. The molecule has 7 heteroatoms. The van der Waals surface area contributed by atoms with Gasteiger partial charge in [0, 0.05) is 0 Å². The molecular formula is C24H40INO4S. The number of allylic oxidation sites excluding steroid dienone is 2. The molecule has 0 heterocycles. The Morgan fingerprint density at radius 2 is 1.32 bits per heavy atom. The topological polar surface area (TPSA) is 94.3 Å². The second-order valence-electron chi connectivity index (χ2n) is 8.21. The van der Waals surface area contributed by atoms with Crippen LogP contribution in [0.3, 0.4) is 0 Å². The summed E-state index contributed by atoms with van der Waals surface area (Å²) in [6, 6.07) is 4.48. The lowest BCUT2D eigenvalue weighted by atomic mass is 10.1. The van der Waals surface area contributed by atoms with Crippen LogP contribution in [-0.2, 0) is 22.6 Å². The average Bonchev–Trinajstić information content (AvgIpc) is 2.72. The molecule has 0 atom stereocenters. The van der Waals surface area contributed by atoms with Gasteiger partial charge in [-0.25, -0.2) is 19.7 Å². The lowest BCUT2D eigenvalue weighted by Gasteiger charge is -2.06. The van der Waals surface area contributed by atoms with Gasteiger partial charge in [0.2, 0.25) is 10.0 Å². The summed E-state index contributed by atoms with van der Waals surface area (Å²) in [5, 5.41) is 5.17. The number of sulfonamides is 1. The molecule has 1 rings (SSSR count). The van der Waals surface area contributed by atoms with E-state index in [1.165, 1.54) is 69.9 Å². The molecule has 178 valence electrons. The van der Waals surface area contributed by atoms with Crippen molar-refractivity contribution >= 4 is 29.8 Å². The quantitative estimate of drug-likeness (QED) is 0.115. The van der Waals surface area contributed by atoms with E-state index in [9.17, 15) is 14.6 Å². The Morgan fingerprint density at radius 3 is 1.84 bits per heavy atom. The van der Waals surface area contributed by atoms with E-state index in [1.54, 1.807) is 6.07 Å². The standard InChI is InChI=1S/C24H40INO4S/c1-2-3-4-5-6-7-8-9-10-11-12-13-14-15-16-17-18-22-19-20-23(25(27)28)24(21-22)31(26,29)30/h11-12,19-21H,2-10,13-18H2,1H3,(H2,26,29,30)/b12-11+. The van der Waals surface area contributed by atoms with Gasteiger partial charge in [0.25, 0.3) is 0 Å². The zero-order valence-electron chi connectivity index (χ0n) is 19.0. The molecule has 0 aromatic heterocycles. The van der Waals surface area contributed by atoms with Crippen LogP contribution in [0.2, 0.25) is 0 Å². The van der Waals surface area contributed by atoms with Crippen LogP contribution in [0.25, 0.3) is 0 Å². The first kappa shape index (κ1) is 28.2. The van der Waals surface area contributed by atoms with E-state index in [4.69, 9.17) is 5.14 Å². The van der Waals surface area contributed by atoms with Gasteiger partial charge in [0.1, 0.15) is 4.90 Å². The van der Waals surface area contributed by atoms with Crippen LogP contribution in [0, 0.1) is 3.57 Å². The fraction of sp³-hybridized carbons (Fsp3) is 0.667. The lowest BCUT2D eigenvalue weighted by molar-refractivity contribution is 0.577. The molecule has 0 radical (unpaired) electrons.